The molecule has 4 aromatic rings. The average Bonchev–Trinajstić information content (AvgIpc) is 3.47. The Hall–Kier alpha value is -3.91. The number of hydrogen-bond acceptors (Lipinski definition) is 6. The third-order valence-corrected chi connectivity index (χ3v) is 5.11. The van der Waals surface area contributed by atoms with Crippen LogP contribution in [0.25, 0.3) is 21.9 Å². The molecule has 4 rings (SSSR count). The number of aryl methyl sites for hydroxylation is 2. The van der Waals surface area contributed by atoms with E-state index in [1.165, 1.54) is 24.9 Å². The number of hydrogen-bond donors (Lipinski definition) is 0. The second-order valence-corrected chi connectivity index (χ2v) is 6.38. The summed E-state index contributed by atoms with van der Waals surface area (Å²) in [5.41, 5.74) is 2.48. The van der Waals surface area contributed by atoms with E-state index in [1.54, 1.807) is 0 Å². The largest absolute Gasteiger partial charge is 0.444 e. The molecule has 4 aromatic heterocycles. The summed E-state index contributed by atoms with van der Waals surface area (Å²) in [7, 11) is 3.76. The van der Waals surface area contributed by atoms with Crippen molar-refractivity contribution >= 4 is 37.9 Å². The Balaban J connectivity index is 2.33. The molecule has 0 aliphatic rings. The minimum absolute atomic E-state index is 0.256. The molecule has 0 spiro atoms. The lowest BCUT2D eigenvalue weighted by atomic mass is 10.1. The molecule has 0 saturated heterocycles. The third-order valence-electron chi connectivity index (χ3n) is 5.11. The number of oxazole rings is 2. The molecule has 0 saturated carbocycles. The minimum atomic E-state index is 0.256. The summed E-state index contributed by atoms with van der Waals surface area (Å²) in [4.78, 5) is 8.29. The molecule has 0 aliphatic heterocycles. The van der Waals surface area contributed by atoms with Crippen molar-refractivity contribution in [2.24, 2.45) is 0 Å². The highest BCUT2D eigenvalue weighted by Gasteiger charge is 2.22. The first-order valence-corrected chi connectivity index (χ1v) is 8.50. The predicted octanol–water partition coefficient (Wildman–Crippen LogP) is -0.727. The van der Waals surface area contributed by atoms with Gasteiger partial charge in [0.05, 0.1) is 23.1 Å². The maximum atomic E-state index is 9.83. The van der Waals surface area contributed by atoms with Gasteiger partial charge in [-0.25, -0.2) is 9.97 Å². The van der Waals surface area contributed by atoms with E-state index in [4.69, 9.17) is 8.83 Å². The van der Waals surface area contributed by atoms with Crippen LogP contribution in [0.5, 0.6) is 0 Å². The van der Waals surface area contributed by atoms with Crippen molar-refractivity contribution in [1.29, 1.82) is 10.5 Å². The Morgan fingerprint density at radius 3 is 1.54 bits per heavy atom. The number of nitriles is 2. The fourth-order valence-corrected chi connectivity index (χ4v) is 3.63. The van der Waals surface area contributed by atoms with E-state index in [0.29, 0.717) is 21.8 Å². The van der Waals surface area contributed by atoms with E-state index < -0.39 is 0 Å². The fraction of sp³-hybridized carbons (Fsp3) is 0.111. The molecule has 0 unspecified atom stereocenters. The van der Waals surface area contributed by atoms with Crippen LogP contribution in [0, 0.1) is 36.5 Å². The Morgan fingerprint density at radius 1 is 0.857 bits per heavy atom. The topological polar surface area (TPSA) is 110 Å². The van der Waals surface area contributed by atoms with Crippen molar-refractivity contribution in [3.63, 3.8) is 0 Å². The van der Waals surface area contributed by atoms with Crippen LogP contribution < -0.4 is 10.7 Å². The molecule has 10 heteroatoms. The monoisotopic (exact) mass is 368 g/mol. The van der Waals surface area contributed by atoms with Gasteiger partial charge in [-0.3, -0.25) is 0 Å². The fourth-order valence-electron chi connectivity index (χ4n) is 3.63. The zero-order chi connectivity index (χ0) is 20.0. The molecule has 0 bridgehead atoms. The summed E-state index contributed by atoms with van der Waals surface area (Å²) in [6, 6.07) is 4.44. The lowest BCUT2D eigenvalue weighted by Gasteiger charge is -2.04. The van der Waals surface area contributed by atoms with Crippen molar-refractivity contribution in [1.82, 2.24) is 18.9 Å². The third kappa shape index (κ3) is 2.25. The van der Waals surface area contributed by atoms with Gasteiger partial charge in [-0.1, -0.05) is 0 Å². The summed E-state index contributed by atoms with van der Waals surface area (Å²) < 4.78 is 14.6. The molecule has 0 amide bonds. The first-order valence-electron chi connectivity index (χ1n) is 8.50. The van der Waals surface area contributed by atoms with Gasteiger partial charge in [0.2, 0.25) is 27.7 Å². The highest BCUT2D eigenvalue weighted by atomic mass is 16.3. The Bertz CT molecular complexity index is 1300. The van der Waals surface area contributed by atoms with Gasteiger partial charge in [-0.2, -0.15) is 10.5 Å². The van der Waals surface area contributed by atoms with Gasteiger partial charge in [0.1, 0.15) is 35.8 Å². The molecule has 134 valence electrons. The quantitative estimate of drug-likeness (QED) is 0.432. The lowest BCUT2D eigenvalue weighted by molar-refractivity contribution is 0.542. The highest BCUT2D eigenvalue weighted by Crippen LogP contribution is 2.21. The number of nitrogens with zero attached hydrogens (tertiary/aromatic N) is 6. The Kier molecular flexibility index (Phi) is 3.98. The summed E-state index contributed by atoms with van der Waals surface area (Å²) in [6.07, 6.45) is 5.89. The van der Waals surface area contributed by atoms with E-state index in [0.717, 1.165) is 22.2 Å². The van der Waals surface area contributed by atoms with Crippen molar-refractivity contribution in [3.05, 3.63) is 58.8 Å². The van der Waals surface area contributed by atoms with Gasteiger partial charge >= 0.3 is 0 Å². The molecule has 0 aromatic carbocycles. The van der Waals surface area contributed by atoms with Crippen molar-refractivity contribution < 1.29 is 8.83 Å². The molecule has 0 N–H and O–H groups in total. The van der Waals surface area contributed by atoms with E-state index in [9.17, 15) is 10.5 Å². The number of rotatable bonds is 2. The van der Waals surface area contributed by atoms with Crippen molar-refractivity contribution in [2.75, 3.05) is 0 Å². The molecular weight excluding hydrogens is 354 g/mol. The minimum Gasteiger partial charge on any atom is -0.444 e. The molecule has 4 heterocycles. The molecule has 0 radical (unpaired) electrons. The normalized spacial score (nSPS) is 13.3. The van der Waals surface area contributed by atoms with Crippen molar-refractivity contribution in [2.45, 2.75) is 13.8 Å². The number of fused-ring (bicyclic) bond motifs is 1. The number of aromatic nitrogens is 4. The molecule has 28 heavy (non-hydrogen) atoms. The van der Waals surface area contributed by atoms with Crippen molar-refractivity contribution in [3.8, 4) is 12.1 Å². The van der Waals surface area contributed by atoms with Crippen LogP contribution in [-0.4, -0.2) is 34.9 Å². The second-order valence-electron chi connectivity index (χ2n) is 6.38. The van der Waals surface area contributed by atoms with Gasteiger partial charge < -0.3 is 17.8 Å². The van der Waals surface area contributed by atoms with Crippen LogP contribution in [0.4, 0.5) is 0 Å². The zero-order valence-corrected chi connectivity index (χ0v) is 15.8. The summed E-state index contributed by atoms with van der Waals surface area (Å²) in [6.45, 7) is 3.90. The van der Waals surface area contributed by atoms with Crippen LogP contribution in [-0.2, 0) is 0 Å². The van der Waals surface area contributed by atoms with Crippen LogP contribution in [0.3, 0.4) is 0 Å². The van der Waals surface area contributed by atoms with Crippen LogP contribution in [0.15, 0.2) is 33.8 Å². The van der Waals surface area contributed by atoms with Gasteiger partial charge in [0, 0.05) is 22.2 Å². The lowest BCUT2D eigenvalue weighted by Crippen LogP contribution is -2.23. The Labute approximate surface area is 161 Å². The zero-order valence-electron chi connectivity index (χ0n) is 15.8. The highest BCUT2D eigenvalue weighted by molar-refractivity contribution is 6.14. The SMILES string of the molecule is Bn1c(C)c2/c(=C(\C#N)c3ncco3)n(B)c(C)c2/c1=C(\C#N)c1ncco1. The first kappa shape index (κ1) is 17.5. The van der Waals surface area contributed by atoms with E-state index in [1.807, 2.05) is 38.8 Å². The Morgan fingerprint density at radius 2 is 1.25 bits per heavy atom. The van der Waals surface area contributed by atoms with Gasteiger partial charge in [-0.05, 0) is 13.8 Å². The average molecular weight is 368 g/mol. The molecule has 8 nitrogen and oxygen atoms in total. The standard InChI is InChI=1S/C18H14B2N6O2/c1-9-13-14(16(25(9)19)12(8-22)18-24-4-6-28-18)10(2)26(20)15(13)11(7-21)17-23-3-5-27-17/h3-6H,19-20H2,1-2H3/b15-11-,16-12-. The predicted molar refractivity (Wildman–Crippen MR) is 106 cm³/mol. The van der Waals surface area contributed by atoms with E-state index >= 15 is 0 Å². The summed E-state index contributed by atoms with van der Waals surface area (Å²) in [5.74, 6) is 0.513. The molecule has 0 aliphatic carbocycles. The maximum Gasteiger partial charge on any atom is 0.238 e. The van der Waals surface area contributed by atoms with E-state index in [-0.39, 0.29) is 11.8 Å². The van der Waals surface area contributed by atoms with Crippen LogP contribution in [0.1, 0.15) is 23.2 Å². The van der Waals surface area contributed by atoms with Crippen LogP contribution >= 0.6 is 0 Å². The van der Waals surface area contributed by atoms with Gasteiger partial charge in [0.15, 0.2) is 0 Å². The second kappa shape index (κ2) is 6.36. The molecule has 0 fully saturated rings. The van der Waals surface area contributed by atoms with Gasteiger partial charge in [0.25, 0.3) is 0 Å². The molecular formula is C18H14B2N6O2. The van der Waals surface area contributed by atoms with Gasteiger partial charge in [-0.15, -0.1) is 0 Å². The molecule has 0 atom stereocenters. The summed E-state index contributed by atoms with van der Waals surface area (Å²) >= 11 is 0. The van der Waals surface area contributed by atoms with Crippen LogP contribution in [0.2, 0.25) is 0 Å². The van der Waals surface area contributed by atoms with E-state index in [2.05, 4.69) is 22.1 Å². The maximum absolute atomic E-state index is 9.83. The summed E-state index contributed by atoms with van der Waals surface area (Å²) in [5, 5.41) is 22.8. The smallest absolute Gasteiger partial charge is 0.238 e. The first-order chi connectivity index (χ1) is 13.5.